The Morgan fingerprint density at radius 1 is 0.756 bits per heavy atom. The van der Waals surface area contributed by atoms with E-state index < -0.39 is 32.9 Å². The van der Waals surface area contributed by atoms with Crippen molar-refractivity contribution >= 4 is 37.9 Å². The Hall–Kier alpha value is -4.54. The lowest BCUT2D eigenvalue weighted by molar-refractivity contribution is 0.0519. The smallest absolute Gasteiger partial charge is 0.350 e. The molecule has 0 saturated carbocycles. The average molecular weight is 588 g/mol. The van der Waals surface area contributed by atoms with E-state index in [4.69, 9.17) is 9.47 Å². The summed E-state index contributed by atoms with van der Waals surface area (Å²) in [6.07, 6.45) is 0. The van der Waals surface area contributed by atoms with Crippen molar-refractivity contribution in [2.75, 3.05) is 13.2 Å². The van der Waals surface area contributed by atoms with Gasteiger partial charge in [0.15, 0.2) is 0 Å². The Bertz CT molecular complexity index is 1910. The summed E-state index contributed by atoms with van der Waals surface area (Å²) in [4.78, 5) is 40.8. The zero-order valence-electron chi connectivity index (χ0n) is 22.2. The van der Waals surface area contributed by atoms with E-state index in [0.29, 0.717) is 11.1 Å². The fourth-order valence-corrected chi connectivity index (χ4v) is 7.72. The highest BCUT2D eigenvalue weighted by Crippen LogP contribution is 2.42. The zero-order chi connectivity index (χ0) is 29.1. The molecule has 208 valence electrons. The minimum atomic E-state index is -4.36. The highest BCUT2D eigenvalue weighted by Gasteiger charge is 2.36. The fourth-order valence-electron chi connectivity index (χ4n) is 4.61. The number of pyridine rings is 1. The molecule has 0 bridgehead atoms. The maximum Gasteiger partial charge on any atom is 0.350 e. The quantitative estimate of drug-likeness (QED) is 0.209. The fraction of sp³-hybridized carbons (Fsp3) is 0.129. The molecular weight excluding hydrogens is 562 g/mol. The van der Waals surface area contributed by atoms with E-state index in [9.17, 15) is 22.8 Å². The summed E-state index contributed by atoms with van der Waals surface area (Å²) in [5, 5.41) is 0. The molecule has 41 heavy (non-hydrogen) atoms. The lowest BCUT2D eigenvalue weighted by atomic mass is 10.0. The number of hydrogen-bond donors (Lipinski definition) is 0. The van der Waals surface area contributed by atoms with Crippen LogP contribution in [0.5, 0.6) is 0 Å². The van der Waals surface area contributed by atoms with Crippen LogP contribution >= 0.6 is 11.3 Å². The molecule has 2 aromatic heterocycles. The molecule has 8 nitrogen and oxygen atoms in total. The number of fused-ring (bicyclic) bond motifs is 1. The molecule has 0 saturated heterocycles. The largest absolute Gasteiger partial charge is 0.462 e. The number of esters is 2. The van der Waals surface area contributed by atoms with Gasteiger partial charge in [-0.05, 0) is 31.5 Å². The first-order chi connectivity index (χ1) is 19.8. The van der Waals surface area contributed by atoms with Crippen molar-refractivity contribution in [1.29, 1.82) is 0 Å². The molecule has 0 radical (unpaired) electrons. The molecule has 2 heterocycles. The van der Waals surface area contributed by atoms with Crippen LogP contribution in [0.2, 0.25) is 0 Å². The van der Waals surface area contributed by atoms with E-state index >= 15 is 0 Å². The predicted molar refractivity (Wildman–Crippen MR) is 156 cm³/mol. The highest BCUT2D eigenvalue weighted by atomic mass is 32.2. The molecule has 0 atom stereocenters. The Morgan fingerprint density at radius 2 is 1.27 bits per heavy atom. The van der Waals surface area contributed by atoms with Crippen LogP contribution in [0.3, 0.4) is 0 Å². The van der Waals surface area contributed by atoms with Gasteiger partial charge in [-0.2, -0.15) is 0 Å². The number of carbonyl (C=O) groups excluding carboxylic acids is 2. The minimum absolute atomic E-state index is 0.0207. The molecule has 5 rings (SSSR count). The van der Waals surface area contributed by atoms with Gasteiger partial charge in [0.1, 0.15) is 20.2 Å². The third kappa shape index (κ3) is 4.96. The molecule has 0 spiro atoms. The van der Waals surface area contributed by atoms with E-state index in [-0.39, 0.29) is 44.0 Å². The van der Waals surface area contributed by atoms with Crippen LogP contribution < -0.4 is 5.56 Å². The first-order valence-corrected chi connectivity index (χ1v) is 15.1. The maximum absolute atomic E-state index is 14.5. The van der Waals surface area contributed by atoms with Gasteiger partial charge in [-0.3, -0.25) is 9.20 Å². The summed E-state index contributed by atoms with van der Waals surface area (Å²) in [7, 11) is -4.36. The number of sulfone groups is 1. The zero-order valence-corrected chi connectivity index (χ0v) is 23.8. The van der Waals surface area contributed by atoms with Crippen LogP contribution in [0.15, 0.2) is 106 Å². The van der Waals surface area contributed by atoms with E-state index in [1.807, 2.05) is 0 Å². The lowest BCUT2D eigenvalue weighted by Gasteiger charge is -2.17. The van der Waals surface area contributed by atoms with Crippen molar-refractivity contribution in [1.82, 2.24) is 4.40 Å². The van der Waals surface area contributed by atoms with Gasteiger partial charge in [-0.1, -0.05) is 78.9 Å². The van der Waals surface area contributed by atoms with Gasteiger partial charge in [0, 0.05) is 11.1 Å². The van der Waals surface area contributed by atoms with Gasteiger partial charge in [-0.15, -0.1) is 11.3 Å². The summed E-state index contributed by atoms with van der Waals surface area (Å²) in [5.41, 5.74) is -0.422. The molecule has 0 aliphatic heterocycles. The molecule has 0 N–H and O–H groups in total. The topological polar surface area (TPSA) is 108 Å². The van der Waals surface area contributed by atoms with Crippen molar-refractivity contribution in [2.45, 2.75) is 23.6 Å². The first kappa shape index (κ1) is 28.0. The SMILES string of the molecule is CCOC(=O)c1sc2c(S(=O)(=O)c3ccccc3)c(-c3ccccc3)c(C(=O)OCC)c(=O)n2c1-c1ccccc1. The van der Waals surface area contributed by atoms with Crippen LogP contribution in [-0.4, -0.2) is 38.0 Å². The van der Waals surface area contributed by atoms with E-state index in [1.165, 1.54) is 12.1 Å². The summed E-state index contributed by atoms with van der Waals surface area (Å²) in [5.74, 6) is -1.69. The van der Waals surface area contributed by atoms with Crippen molar-refractivity contribution in [3.8, 4) is 22.4 Å². The van der Waals surface area contributed by atoms with Crippen LogP contribution in [-0.2, 0) is 19.3 Å². The molecule has 0 fully saturated rings. The molecular formula is C31H25NO7S2. The van der Waals surface area contributed by atoms with Crippen molar-refractivity contribution < 1.29 is 27.5 Å². The number of hydrogen-bond acceptors (Lipinski definition) is 8. The molecule has 10 heteroatoms. The number of ether oxygens (including phenoxy) is 2. The van der Waals surface area contributed by atoms with Crippen molar-refractivity contribution in [2.24, 2.45) is 0 Å². The average Bonchev–Trinajstić information content (AvgIpc) is 3.39. The van der Waals surface area contributed by atoms with Crippen LogP contribution in [0, 0.1) is 0 Å². The molecule has 0 unspecified atom stereocenters. The van der Waals surface area contributed by atoms with Crippen LogP contribution in [0.25, 0.3) is 27.2 Å². The Kier molecular flexibility index (Phi) is 7.87. The summed E-state index contributed by atoms with van der Waals surface area (Å²) in [6, 6.07) is 24.7. The van der Waals surface area contributed by atoms with Crippen LogP contribution in [0.4, 0.5) is 0 Å². The number of nitrogens with zero attached hydrogens (tertiary/aromatic N) is 1. The van der Waals surface area contributed by atoms with Gasteiger partial charge >= 0.3 is 11.9 Å². The van der Waals surface area contributed by atoms with Gasteiger partial charge in [0.25, 0.3) is 5.56 Å². The normalized spacial score (nSPS) is 11.4. The summed E-state index contributed by atoms with van der Waals surface area (Å²) >= 11 is 0.829. The number of carbonyl (C=O) groups is 2. The number of benzene rings is 3. The summed E-state index contributed by atoms with van der Waals surface area (Å²) < 4.78 is 40.7. The van der Waals surface area contributed by atoms with Crippen molar-refractivity contribution in [3.05, 3.63) is 112 Å². The van der Waals surface area contributed by atoms with Gasteiger partial charge in [0.2, 0.25) is 9.84 Å². The lowest BCUT2D eigenvalue weighted by Crippen LogP contribution is -2.27. The third-order valence-electron chi connectivity index (χ3n) is 6.30. The maximum atomic E-state index is 14.5. The Labute approximate surface area is 240 Å². The van der Waals surface area contributed by atoms with Gasteiger partial charge in [-0.25, -0.2) is 18.0 Å². The van der Waals surface area contributed by atoms with E-state index in [0.717, 1.165) is 15.7 Å². The van der Waals surface area contributed by atoms with Gasteiger partial charge in [0.05, 0.1) is 23.8 Å². The first-order valence-electron chi connectivity index (χ1n) is 12.8. The highest BCUT2D eigenvalue weighted by molar-refractivity contribution is 7.92. The Morgan fingerprint density at radius 3 is 1.83 bits per heavy atom. The van der Waals surface area contributed by atoms with E-state index in [2.05, 4.69) is 0 Å². The number of thiazole rings is 1. The molecule has 3 aromatic carbocycles. The standard InChI is InChI=1S/C31H25NO7S2/c1-3-38-30(34)24-23(20-14-8-5-9-15-20)27(41(36,37)22-18-12-7-13-19-22)29-32(28(24)33)25(21-16-10-6-11-17-21)26(40-29)31(35)39-4-2/h5-19H,3-4H2,1-2H3. The second-order valence-corrected chi connectivity index (χ2v) is 11.7. The number of rotatable bonds is 8. The monoisotopic (exact) mass is 587 g/mol. The van der Waals surface area contributed by atoms with E-state index in [1.54, 1.807) is 92.7 Å². The number of aromatic nitrogens is 1. The second-order valence-electron chi connectivity index (χ2n) is 8.79. The molecule has 0 amide bonds. The Balaban J connectivity index is 2.08. The third-order valence-corrected chi connectivity index (χ3v) is 9.40. The van der Waals surface area contributed by atoms with Crippen LogP contribution in [0.1, 0.15) is 33.9 Å². The molecule has 0 aliphatic rings. The minimum Gasteiger partial charge on any atom is -0.462 e. The molecule has 5 aromatic rings. The molecule has 0 aliphatic carbocycles. The summed E-state index contributed by atoms with van der Waals surface area (Å²) in [6.45, 7) is 3.27. The second kappa shape index (κ2) is 11.5. The predicted octanol–water partition coefficient (Wildman–Crippen LogP) is 5.88. The van der Waals surface area contributed by atoms with Crippen molar-refractivity contribution in [3.63, 3.8) is 0 Å². The van der Waals surface area contributed by atoms with Gasteiger partial charge < -0.3 is 9.47 Å².